The first kappa shape index (κ1) is 11.9. The van der Waals surface area contributed by atoms with Crippen LogP contribution in [0.5, 0.6) is 0 Å². The van der Waals surface area contributed by atoms with Gasteiger partial charge in [0.25, 0.3) is 0 Å². The summed E-state index contributed by atoms with van der Waals surface area (Å²) in [6.07, 6.45) is 3.94. The first-order valence-electron chi connectivity index (χ1n) is 5.23. The lowest BCUT2D eigenvalue weighted by Crippen LogP contribution is -2.08. The van der Waals surface area contributed by atoms with Crippen molar-refractivity contribution in [1.82, 2.24) is 14.6 Å². The Morgan fingerprint density at radius 3 is 3.18 bits per heavy atom. The Morgan fingerprint density at radius 1 is 1.59 bits per heavy atom. The fraction of sp³-hybridized carbons (Fsp3) is 0.364. The van der Waals surface area contributed by atoms with E-state index in [9.17, 15) is 4.79 Å². The third-order valence-electron chi connectivity index (χ3n) is 2.24. The van der Waals surface area contributed by atoms with E-state index in [-0.39, 0.29) is 11.2 Å². The van der Waals surface area contributed by atoms with Gasteiger partial charge in [-0.1, -0.05) is 6.92 Å². The molecule has 0 N–H and O–H groups in total. The van der Waals surface area contributed by atoms with Gasteiger partial charge in [-0.3, -0.25) is 4.79 Å². The van der Waals surface area contributed by atoms with Crippen molar-refractivity contribution in [1.29, 1.82) is 0 Å². The Labute approximate surface area is 103 Å². The number of carbonyl (C=O) groups excluding carboxylic acids is 1. The quantitative estimate of drug-likeness (QED) is 0.471. The van der Waals surface area contributed by atoms with Crippen LogP contribution >= 0.6 is 11.8 Å². The van der Waals surface area contributed by atoms with Gasteiger partial charge in [0.15, 0.2) is 5.65 Å². The zero-order valence-corrected chi connectivity index (χ0v) is 10.5. The van der Waals surface area contributed by atoms with Gasteiger partial charge in [-0.2, -0.15) is 5.10 Å². The van der Waals surface area contributed by atoms with Crippen LogP contribution in [0.4, 0.5) is 0 Å². The summed E-state index contributed by atoms with van der Waals surface area (Å²) in [6.45, 7) is 1.98. The summed E-state index contributed by atoms with van der Waals surface area (Å²) in [5.41, 5.74) is 0.806. The largest absolute Gasteiger partial charge is 0.469 e. The number of ether oxygens (including phenoxy) is 1. The first-order chi connectivity index (χ1) is 8.19. The van der Waals surface area contributed by atoms with E-state index in [1.807, 2.05) is 25.3 Å². The van der Waals surface area contributed by atoms with Crippen LogP contribution in [0.25, 0.3) is 5.65 Å². The predicted octanol–water partition coefficient (Wildman–Crippen LogP) is 1.77. The van der Waals surface area contributed by atoms with Crippen LogP contribution in [0.3, 0.4) is 0 Å². The topological polar surface area (TPSA) is 56.5 Å². The number of methoxy groups -OCH3 is 1. The number of nitrogens with zero attached hydrogens (tertiary/aromatic N) is 3. The van der Waals surface area contributed by atoms with E-state index < -0.39 is 0 Å². The molecule has 0 saturated heterocycles. The average Bonchev–Trinajstić information content (AvgIpc) is 2.75. The molecule has 0 bridgehead atoms. The minimum Gasteiger partial charge on any atom is -0.469 e. The molecule has 17 heavy (non-hydrogen) atoms. The number of fused-ring (bicyclic) bond motifs is 1. The van der Waals surface area contributed by atoms with Crippen molar-refractivity contribution in [3.8, 4) is 0 Å². The Balaban J connectivity index is 2.04. The van der Waals surface area contributed by atoms with E-state index >= 15 is 0 Å². The minimum atomic E-state index is -0.199. The van der Waals surface area contributed by atoms with Crippen molar-refractivity contribution in [3.05, 3.63) is 24.5 Å². The molecule has 2 heterocycles. The van der Waals surface area contributed by atoms with Gasteiger partial charge < -0.3 is 4.74 Å². The molecule has 0 aliphatic carbocycles. The molecule has 2 rings (SSSR count). The Bertz CT molecular complexity index is 526. The van der Waals surface area contributed by atoms with Crippen molar-refractivity contribution in [2.75, 3.05) is 7.11 Å². The predicted molar refractivity (Wildman–Crippen MR) is 64.9 cm³/mol. The summed E-state index contributed by atoms with van der Waals surface area (Å²) in [5, 5.41) is 5.09. The maximum absolute atomic E-state index is 11.1. The summed E-state index contributed by atoms with van der Waals surface area (Å²) in [5.74, 6) is -0.199. The van der Waals surface area contributed by atoms with Gasteiger partial charge in [-0.15, -0.1) is 11.8 Å². The molecule has 0 saturated carbocycles. The van der Waals surface area contributed by atoms with E-state index in [0.717, 1.165) is 10.7 Å². The fourth-order valence-electron chi connectivity index (χ4n) is 1.43. The Kier molecular flexibility index (Phi) is 3.63. The molecule has 1 atom stereocenters. The molecule has 0 aromatic carbocycles. The van der Waals surface area contributed by atoms with Gasteiger partial charge in [0.1, 0.15) is 5.03 Å². The molecule has 2 aromatic heterocycles. The molecule has 2 aromatic rings. The summed E-state index contributed by atoms with van der Waals surface area (Å²) < 4.78 is 6.33. The highest BCUT2D eigenvalue weighted by atomic mass is 32.2. The van der Waals surface area contributed by atoms with Crippen LogP contribution in [0.1, 0.15) is 13.3 Å². The highest BCUT2D eigenvalue weighted by molar-refractivity contribution is 7.99. The van der Waals surface area contributed by atoms with Crippen LogP contribution in [0.15, 0.2) is 29.6 Å². The van der Waals surface area contributed by atoms with Crippen LogP contribution in [0, 0.1) is 0 Å². The maximum atomic E-state index is 11.1. The molecule has 0 radical (unpaired) electrons. The van der Waals surface area contributed by atoms with Crippen molar-refractivity contribution in [2.45, 2.75) is 23.6 Å². The highest BCUT2D eigenvalue weighted by Gasteiger charge is 2.11. The lowest BCUT2D eigenvalue weighted by atomic mass is 10.3. The van der Waals surface area contributed by atoms with E-state index in [1.54, 1.807) is 22.5 Å². The van der Waals surface area contributed by atoms with Gasteiger partial charge in [-0.25, -0.2) is 9.50 Å². The minimum absolute atomic E-state index is 0.139. The number of hydrogen-bond acceptors (Lipinski definition) is 5. The molecule has 5 nitrogen and oxygen atoms in total. The lowest BCUT2D eigenvalue weighted by Gasteiger charge is -2.08. The maximum Gasteiger partial charge on any atom is 0.306 e. The summed E-state index contributed by atoms with van der Waals surface area (Å²) >= 11 is 1.55. The smallest absolute Gasteiger partial charge is 0.306 e. The molecule has 6 heteroatoms. The zero-order valence-electron chi connectivity index (χ0n) is 9.66. The van der Waals surface area contributed by atoms with Crippen LogP contribution in [0.2, 0.25) is 0 Å². The standard InChI is InChI=1S/C11H13N3O2S/c1-8(7-11(15)16-2)17-10-4-6-14-9(13-10)3-5-12-14/h3-6,8H,7H2,1-2H3. The Morgan fingerprint density at radius 2 is 2.41 bits per heavy atom. The second-order valence-corrected chi connectivity index (χ2v) is 5.07. The molecule has 0 amide bonds. The zero-order chi connectivity index (χ0) is 12.3. The number of rotatable bonds is 4. The van der Waals surface area contributed by atoms with Crippen LogP contribution < -0.4 is 0 Å². The number of esters is 1. The summed E-state index contributed by atoms with van der Waals surface area (Å²) in [6, 6.07) is 3.73. The first-order valence-corrected chi connectivity index (χ1v) is 6.11. The third-order valence-corrected chi connectivity index (χ3v) is 3.27. The number of thioether (sulfide) groups is 1. The van der Waals surface area contributed by atoms with E-state index in [4.69, 9.17) is 0 Å². The van der Waals surface area contributed by atoms with Gasteiger partial charge in [0, 0.05) is 17.5 Å². The summed E-state index contributed by atoms with van der Waals surface area (Å²) in [4.78, 5) is 15.5. The molecular formula is C11H13N3O2S. The molecular weight excluding hydrogens is 238 g/mol. The van der Waals surface area contributed by atoms with Crippen molar-refractivity contribution in [2.24, 2.45) is 0 Å². The van der Waals surface area contributed by atoms with E-state index in [1.165, 1.54) is 7.11 Å². The van der Waals surface area contributed by atoms with E-state index in [0.29, 0.717) is 6.42 Å². The molecule has 90 valence electrons. The monoisotopic (exact) mass is 251 g/mol. The second-order valence-electron chi connectivity index (χ2n) is 3.61. The lowest BCUT2D eigenvalue weighted by molar-refractivity contribution is -0.140. The van der Waals surface area contributed by atoms with Crippen molar-refractivity contribution >= 4 is 23.4 Å². The molecule has 0 fully saturated rings. The molecule has 0 aliphatic heterocycles. The number of carbonyl (C=O) groups is 1. The number of aromatic nitrogens is 3. The van der Waals surface area contributed by atoms with Gasteiger partial charge in [-0.05, 0) is 6.07 Å². The third kappa shape index (κ3) is 2.97. The molecule has 1 unspecified atom stereocenters. The average molecular weight is 251 g/mol. The number of hydrogen-bond donors (Lipinski definition) is 0. The fourth-order valence-corrected chi connectivity index (χ4v) is 2.34. The van der Waals surface area contributed by atoms with Crippen molar-refractivity contribution < 1.29 is 9.53 Å². The molecule has 0 spiro atoms. The second kappa shape index (κ2) is 5.18. The Hall–Kier alpha value is -1.56. The highest BCUT2D eigenvalue weighted by Crippen LogP contribution is 2.23. The molecule has 0 aliphatic rings. The van der Waals surface area contributed by atoms with E-state index in [2.05, 4.69) is 14.8 Å². The van der Waals surface area contributed by atoms with Gasteiger partial charge in [0.05, 0.1) is 19.7 Å². The van der Waals surface area contributed by atoms with Crippen LogP contribution in [-0.4, -0.2) is 32.9 Å². The van der Waals surface area contributed by atoms with Gasteiger partial charge >= 0.3 is 5.97 Å². The van der Waals surface area contributed by atoms with Crippen molar-refractivity contribution in [3.63, 3.8) is 0 Å². The SMILES string of the molecule is COC(=O)CC(C)Sc1ccn2nccc2n1. The van der Waals surface area contributed by atoms with Crippen LogP contribution in [-0.2, 0) is 9.53 Å². The summed E-state index contributed by atoms with van der Waals surface area (Å²) in [7, 11) is 1.40. The van der Waals surface area contributed by atoms with Gasteiger partial charge in [0.2, 0.25) is 0 Å². The normalized spacial score (nSPS) is 12.6.